The minimum Gasteiger partial charge on any atom is -0.356 e. The van der Waals surface area contributed by atoms with Crippen LogP contribution in [0.2, 0.25) is 0 Å². The van der Waals surface area contributed by atoms with Gasteiger partial charge in [0.2, 0.25) is 10.0 Å². The Bertz CT molecular complexity index is 892. The van der Waals surface area contributed by atoms with E-state index in [-0.39, 0.29) is 0 Å². The average molecular weight is 372 g/mol. The Labute approximate surface area is 155 Å². The molecule has 2 N–H and O–H groups in total. The molecule has 1 aliphatic heterocycles. The maximum atomic E-state index is 11.3. The first kappa shape index (κ1) is 18.3. The molecule has 1 aliphatic rings. The number of anilines is 2. The molecule has 1 heterocycles. The molecular formula is C19H24N4O2S. The summed E-state index contributed by atoms with van der Waals surface area (Å²) in [6, 6.07) is 15.7. The zero-order valence-electron chi connectivity index (χ0n) is 15.1. The number of para-hydroxylation sites is 1. The second kappa shape index (κ2) is 7.78. The zero-order valence-corrected chi connectivity index (χ0v) is 15.9. The van der Waals surface area contributed by atoms with Crippen LogP contribution in [0.25, 0.3) is 0 Å². The third kappa shape index (κ3) is 4.54. The van der Waals surface area contributed by atoms with Crippen LogP contribution in [0.5, 0.6) is 0 Å². The summed E-state index contributed by atoms with van der Waals surface area (Å²) in [6.45, 7) is 4.31. The second-order valence-corrected chi connectivity index (χ2v) is 8.02. The minimum absolute atomic E-state index is 0.528. The van der Waals surface area contributed by atoms with Crippen molar-refractivity contribution in [2.24, 2.45) is 4.99 Å². The maximum absolute atomic E-state index is 11.3. The lowest BCUT2D eigenvalue weighted by Crippen LogP contribution is -2.40. The normalized spacial score (nSPS) is 14.2. The van der Waals surface area contributed by atoms with Crippen molar-refractivity contribution in [3.63, 3.8) is 0 Å². The highest BCUT2D eigenvalue weighted by atomic mass is 32.2. The van der Waals surface area contributed by atoms with Gasteiger partial charge in [-0.1, -0.05) is 30.3 Å². The van der Waals surface area contributed by atoms with Crippen LogP contribution in [0, 0.1) is 0 Å². The Morgan fingerprint density at radius 2 is 1.88 bits per heavy atom. The molecule has 0 saturated carbocycles. The third-order valence-electron chi connectivity index (χ3n) is 4.15. The Morgan fingerprint density at radius 1 is 1.15 bits per heavy atom. The molecule has 0 atom stereocenters. The van der Waals surface area contributed by atoms with Gasteiger partial charge in [0.25, 0.3) is 0 Å². The van der Waals surface area contributed by atoms with Crippen molar-refractivity contribution >= 4 is 27.4 Å². The van der Waals surface area contributed by atoms with Crippen LogP contribution in [0.1, 0.15) is 18.1 Å². The van der Waals surface area contributed by atoms with Crippen molar-refractivity contribution in [2.45, 2.75) is 19.9 Å². The molecule has 7 heteroatoms. The van der Waals surface area contributed by atoms with Crippen LogP contribution < -0.4 is 14.9 Å². The zero-order chi connectivity index (χ0) is 18.6. The SMILES string of the molecule is CCNC(=NCc1ccc(NS(C)(=O)=O)cc1)N1CCc2ccccc21. The molecule has 0 aromatic heterocycles. The lowest BCUT2D eigenvalue weighted by molar-refractivity contribution is 0.607. The molecular weight excluding hydrogens is 348 g/mol. The highest BCUT2D eigenvalue weighted by molar-refractivity contribution is 7.92. The molecule has 0 fully saturated rings. The monoisotopic (exact) mass is 372 g/mol. The number of hydrogen-bond donors (Lipinski definition) is 2. The number of nitrogens with one attached hydrogen (secondary N) is 2. The van der Waals surface area contributed by atoms with E-state index in [0.717, 1.165) is 37.3 Å². The summed E-state index contributed by atoms with van der Waals surface area (Å²) in [4.78, 5) is 6.98. The fourth-order valence-electron chi connectivity index (χ4n) is 3.01. The smallest absolute Gasteiger partial charge is 0.229 e. The fraction of sp³-hybridized carbons (Fsp3) is 0.316. The van der Waals surface area contributed by atoms with E-state index in [2.05, 4.69) is 40.1 Å². The van der Waals surface area contributed by atoms with Crippen LogP contribution in [-0.2, 0) is 23.0 Å². The topological polar surface area (TPSA) is 73.8 Å². The Balaban J connectivity index is 1.74. The van der Waals surface area contributed by atoms with Gasteiger partial charge < -0.3 is 10.2 Å². The van der Waals surface area contributed by atoms with Crippen molar-refractivity contribution in [2.75, 3.05) is 29.0 Å². The standard InChI is InChI=1S/C19H24N4O2S/c1-3-20-19(23-13-12-16-6-4-5-7-18(16)23)21-14-15-8-10-17(11-9-15)22-26(2,24)25/h4-11,22H,3,12-14H2,1-2H3,(H,20,21). The van der Waals surface area contributed by atoms with Crippen molar-refractivity contribution in [3.05, 3.63) is 59.7 Å². The molecule has 0 radical (unpaired) electrons. The average Bonchev–Trinajstić information content (AvgIpc) is 3.02. The first-order valence-electron chi connectivity index (χ1n) is 8.67. The fourth-order valence-corrected chi connectivity index (χ4v) is 3.58. The van der Waals surface area contributed by atoms with E-state index in [0.29, 0.717) is 12.2 Å². The molecule has 2 aromatic carbocycles. The molecule has 0 saturated heterocycles. The van der Waals surface area contributed by atoms with Crippen LogP contribution in [-0.4, -0.2) is 33.7 Å². The van der Waals surface area contributed by atoms with Gasteiger partial charge in [0.05, 0.1) is 12.8 Å². The molecule has 0 aliphatic carbocycles. The quantitative estimate of drug-likeness (QED) is 0.625. The van der Waals surface area contributed by atoms with Crippen LogP contribution >= 0.6 is 0 Å². The molecule has 26 heavy (non-hydrogen) atoms. The van der Waals surface area contributed by atoms with Crippen molar-refractivity contribution in [1.82, 2.24) is 5.32 Å². The van der Waals surface area contributed by atoms with E-state index in [1.165, 1.54) is 11.3 Å². The van der Waals surface area contributed by atoms with E-state index < -0.39 is 10.0 Å². The van der Waals surface area contributed by atoms with Gasteiger partial charge in [-0.05, 0) is 42.7 Å². The van der Waals surface area contributed by atoms with Crippen molar-refractivity contribution < 1.29 is 8.42 Å². The van der Waals surface area contributed by atoms with E-state index in [1.807, 2.05) is 18.2 Å². The number of nitrogens with zero attached hydrogens (tertiary/aromatic N) is 2. The number of hydrogen-bond acceptors (Lipinski definition) is 3. The van der Waals surface area contributed by atoms with Crippen molar-refractivity contribution in [1.29, 1.82) is 0 Å². The molecule has 3 rings (SSSR count). The van der Waals surface area contributed by atoms with Gasteiger partial charge in [-0.15, -0.1) is 0 Å². The van der Waals surface area contributed by atoms with Gasteiger partial charge >= 0.3 is 0 Å². The largest absolute Gasteiger partial charge is 0.356 e. The summed E-state index contributed by atoms with van der Waals surface area (Å²) < 4.78 is 25.0. The molecule has 2 aromatic rings. The van der Waals surface area contributed by atoms with Crippen LogP contribution in [0.4, 0.5) is 11.4 Å². The van der Waals surface area contributed by atoms with Gasteiger partial charge in [0.15, 0.2) is 5.96 Å². The number of benzene rings is 2. The first-order valence-corrected chi connectivity index (χ1v) is 10.6. The number of guanidine groups is 1. The van der Waals surface area contributed by atoms with Gasteiger partial charge in [0.1, 0.15) is 0 Å². The van der Waals surface area contributed by atoms with Gasteiger partial charge in [-0.2, -0.15) is 0 Å². The van der Waals surface area contributed by atoms with Crippen molar-refractivity contribution in [3.8, 4) is 0 Å². The first-order chi connectivity index (χ1) is 12.5. The Kier molecular flexibility index (Phi) is 5.46. The Morgan fingerprint density at radius 3 is 2.58 bits per heavy atom. The van der Waals surface area contributed by atoms with Gasteiger partial charge in [-0.3, -0.25) is 4.72 Å². The molecule has 0 amide bonds. The predicted molar refractivity (Wildman–Crippen MR) is 107 cm³/mol. The summed E-state index contributed by atoms with van der Waals surface area (Å²) in [5.41, 5.74) is 4.13. The number of sulfonamides is 1. The maximum Gasteiger partial charge on any atom is 0.229 e. The lowest BCUT2D eigenvalue weighted by atomic mass is 10.2. The van der Waals surface area contributed by atoms with Gasteiger partial charge in [0, 0.05) is 24.5 Å². The number of aliphatic imine (C=N–C) groups is 1. The minimum atomic E-state index is -3.26. The number of fused-ring (bicyclic) bond motifs is 1. The predicted octanol–water partition coefficient (Wildman–Crippen LogP) is 2.59. The summed E-state index contributed by atoms with van der Waals surface area (Å²) in [7, 11) is -3.26. The van der Waals surface area contributed by atoms with E-state index in [4.69, 9.17) is 4.99 Å². The number of rotatable bonds is 5. The molecule has 138 valence electrons. The highest BCUT2D eigenvalue weighted by Gasteiger charge is 2.22. The molecule has 0 unspecified atom stereocenters. The Hall–Kier alpha value is -2.54. The summed E-state index contributed by atoms with van der Waals surface area (Å²) in [5, 5.41) is 3.36. The summed E-state index contributed by atoms with van der Waals surface area (Å²) in [6.07, 6.45) is 2.16. The second-order valence-electron chi connectivity index (χ2n) is 6.27. The van der Waals surface area contributed by atoms with E-state index in [1.54, 1.807) is 12.1 Å². The lowest BCUT2D eigenvalue weighted by Gasteiger charge is -2.22. The molecule has 0 bridgehead atoms. The third-order valence-corrected chi connectivity index (χ3v) is 4.75. The molecule has 6 nitrogen and oxygen atoms in total. The highest BCUT2D eigenvalue weighted by Crippen LogP contribution is 2.27. The van der Waals surface area contributed by atoms with Crippen LogP contribution in [0.15, 0.2) is 53.5 Å². The van der Waals surface area contributed by atoms with Crippen LogP contribution in [0.3, 0.4) is 0 Å². The van der Waals surface area contributed by atoms with E-state index >= 15 is 0 Å². The summed E-state index contributed by atoms with van der Waals surface area (Å²) >= 11 is 0. The summed E-state index contributed by atoms with van der Waals surface area (Å²) in [5.74, 6) is 0.871. The molecule has 0 spiro atoms. The van der Waals surface area contributed by atoms with E-state index in [9.17, 15) is 8.42 Å². The van der Waals surface area contributed by atoms with Gasteiger partial charge in [-0.25, -0.2) is 13.4 Å².